The molecule has 1 aromatic heterocycles. The monoisotopic (exact) mass is 375 g/mol. The first kappa shape index (κ1) is 18.0. The molecular formula is C22H21N3O3. The van der Waals surface area contributed by atoms with Crippen molar-refractivity contribution in [3.8, 4) is 11.5 Å². The number of ether oxygens (including phenoxy) is 2. The molecule has 3 aromatic rings. The minimum Gasteiger partial charge on any atom is -0.454 e. The number of benzene rings is 2. The van der Waals surface area contributed by atoms with Crippen LogP contribution in [0.15, 0.2) is 60.9 Å². The van der Waals surface area contributed by atoms with E-state index in [0.717, 1.165) is 28.3 Å². The van der Waals surface area contributed by atoms with Crippen molar-refractivity contribution in [3.05, 3.63) is 83.4 Å². The summed E-state index contributed by atoms with van der Waals surface area (Å²) in [6.45, 7) is 2.47. The number of rotatable bonds is 6. The minimum atomic E-state index is -0.0835. The summed E-state index contributed by atoms with van der Waals surface area (Å²) in [5.41, 5.74) is 3.67. The Kier molecular flexibility index (Phi) is 5.19. The van der Waals surface area contributed by atoms with Crippen molar-refractivity contribution in [2.24, 2.45) is 0 Å². The van der Waals surface area contributed by atoms with Gasteiger partial charge in [0.05, 0.1) is 24.1 Å². The molecule has 4 rings (SSSR count). The molecule has 1 N–H and O–H groups in total. The van der Waals surface area contributed by atoms with Crippen LogP contribution in [0.1, 0.15) is 34.9 Å². The third-order valence-electron chi connectivity index (χ3n) is 4.69. The molecule has 1 aliphatic heterocycles. The van der Waals surface area contributed by atoms with Gasteiger partial charge >= 0.3 is 0 Å². The van der Waals surface area contributed by atoms with Crippen LogP contribution in [0.3, 0.4) is 0 Å². The molecule has 0 bridgehead atoms. The van der Waals surface area contributed by atoms with Gasteiger partial charge in [0.2, 0.25) is 12.7 Å². The van der Waals surface area contributed by atoms with Gasteiger partial charge in [0.25, 0.3) is 0 Å². The first-order valence-electron chi connectivity index (χ1n) is 9.18. The standard InChI is InChI=1S/C22H21N3O3/c1-15-11-24-18(12-23-15)13-25-22(26)10-19(16-5-3-2-4-6-16)17-7-8-20-21(9-17)28-14-27-20/h2-9,11-12,19H,10,13-14H2,1H3,(H,25,26)/t19-/m0/s1. The Bertz CT molecular complexity index is 959. The van der Waals surface area contributed by atoms with E-state index in [2.05, 4.69) is 15.3 Å². The number of nitrogens with zero attached hydrogens (tertiary/aromatic N) is 2. The van der Waals surface area contributed by atoms with Gasteiger partial charge in [-0.2, -0.15) is 0 Å². The molecule has 0 saturated carbocycles. The Morgan fingerprint density at radius 3 is 2.64 bits per heavy atom. The second-order valence-electron chi connectivity index (χ2n) is 6.71. The number of fused-ring (bicyclic) bond motifs is 1. The van der Waals surface area contributed by atoms with Crippen molar-refractivity contribution in [1.29, 1.82) is 0 Å². The smallest absolute Gasteiger partial charge is 0.231 e. The van der Waals surface area contributed by atoms with E-state index in [1.54, 1.807) is 12.4 Å². The molecule has 1 aliphatic rings. The largest absolute Gasteiger partial charge is 0.454 e. The van der Waals surface area contributed by atoms with Gasteiger partial charge in [-0.25, -0.2) is 0 Å². The van der Waals surface area contributed by atoms with Crippen molar-refractivity contribution in [2.45, 2.75) is 25.8 Å². The van der Waals surface area contributed by atoms with E-state index in [0.29, 0.717) is 18.7 Å². The quantitative estimate of drug-likeness (QED) is 0.715. The maximum Gasteiger partial charge on any atom is 0.231 e. The second kappa shape index (κ2) is 8.08. The van der Waals surface area contributed by atoms with E-state index in [4.69, 9.17) is 9.47 Å². The Balaban J connectivity index is 1.51. The van der Waals surface area contributed by atoms with Crippen LogP contribution in [-0.4, -0.2) is 22.7 Å². The molecule has 1 atom stereocenters. The predicted octanol–water partition coefficient (Wildman–Crippen LogP) is 3.35. The Hall–Kier alpha value is -3.41. The minimum absolute atomic E-state index is 0.0473. The summed E-state index contributed by atoms with van der Waals surface area (Å²) in [5.74, 6) is 1.32. The van der Waals surface area contributed by atoms with Crippen LogP contribution >= 0.6 is 0 Å². The molecule has 0 aliphatic carbocycles. The van der Waals surface area contributed by atoms with E-state index in [-0.39, 0.29) is 18.6 Å². The number of aromatic nitrogens is 2. The summed E-state index contributed by atoms with van der Waals surface area (Å²) >= 11 is 0. The summed E-state index contributed by atoms with van der Waals surface area (Å²) in [6, 6.07) is 15.8. The third-order valence-corrected chi connectivity index (χ3v) is 4.69. The van der Waals surface area contributed by atoms with Gasteiger partial charge in [-0.15, -0.1) is 0 Å². The lowest BCUT2D eigenvalue weighted by Gasteiger charge is -2.18. The Morgan fingerprint density at radius 1 is 1.04 bits per heavy atom. The molecule has 0 spiro atoms. The van der Waals surface area contributed by atoms with E-state index >= 15 is 0 Å². The maximum absolute atomic E-state index is 12.7. The van der Waals surface area contributed by atoms with Crippen LogP contribution in [0, 0.1) is 6.92 Å². The van der Waals surface area contributed by atoms with Crippen molar-refractivity contribution in [1.82, 2.24) is 15.3 Å². The van der Waals surface area contributed by atoms with Gasteiger partial charge in [-0.05, 0) is 30.2 Å². The maximum atomic E-state index is 12.7. The normalized spacial score (nSPS) is 13.2. The highest BCUT2D eigenvalue weighted by Gasteiger charge is 2.22. The number of hydrogen-bond acceptors (Lipinski definition) is 5. The Labute approximate surface area is 163 Å². The first-order chi connectivity index (χ1) is 13.7. The first-order valence-corrected chi connectivity index (χ1v) is 9.18. The molecule has 0 saturated heterocycles. The van der Waals surface area contributed by atoms with E-state index in [1.165, 1.54) is 0 Å². The van der Waals surface area contributed by atoms with Crippen LogP contribution in [0.5, 0.6) is 11.5 Å². The average Bonchev–Trinajstić information content (AvgIpc) is 3.20. The van der Waals surface area contributed by atoms with Crippen molar-refractivity contribution >= 4 is 5.91 Å². The second-order valence-corrected chi connectivity index (χ2v) is 6.71. The average molecular weight is 375 g/mol. The molecule has 28 heavy (non-hydrogen) atoms. The summed E-state index contributed by atoms with van der Waals surface area (Å²) in [4.78, 5) is 21.1. The van der Waals surface area contributed by atoms with Gasteiger partial charge in [0, 0.05) is 18.5 Å². The zero-order valence-corrected chi connectivity index (χ0v) is 15.6. The van der Waals surface area contributed by atoms with Crippen molar-refractivity contribution < 1.29 is 14.3 Å². The van der Waals surface area contributed by atoms with Gasteiger partial charge in [-0.3, -0.25) is 14.8 Å². The van der Waals surface area contributed by atoms with Crippen LogP contribution in [-0.2, 0) is 11.3 Å². The highest BCUT2D eigenvalue weighted by atomic mass is 16.7. The number of carbonyl (C=O) groups is 1. The van der Waals surface area contributed by atoms with Gasteiger partial charge in [0.15, 0.2) is 11.5 Å². The molecule has 6 nitrogen and oxygen atoms in total. The summed E-state index contributed by atoms with van der Waals surface area (Å²) in [6.07, 6.45) is 3.70. The van der Waals surface area contributed by atoms with Crippen molar-refractivity contribution in [3.63, 3.8) is 0 Å². The van der Waals surface area contributed by atoms with Crippen LogP contribution in [0.4, 0.5) is 0 Å². The van der Waals surface area contributed by atoms with Gasteiger partial charge in [-0.1, -0.05) is 36.4 Å². The Morgan fingerprint density at radius 2 is 1.86 bits per heavy atom. The topological polar surface area (TPSA) is 73.3 Å². The van der Waals surface area contributed by atoms with E-state index in [1.807, 2.05) is 55.5 Å². The van der Waals surface area contributed by atoms with Crippen LogP contribution < -0.4 is 14.8 Å². The van der Waals surface area contributed by atoms with Gasteiger partial charge < -0.3 is 14.8 Å². The zero-order valence-electron chi connectivity index (χ0n) is 15.6. The molecule has 2 aromatic carbocycles. The summed E-state index contributed by atoms with van der Waals surface area (Å²) in [5, 5.41) is 2.94. The fourth-order valence-electron chi connectivity index (χ4n) is 3.20. The SMILES string of the molecule is Cc1cnc(CNC(=O)C[C@@H](c2ccccc2)c2ccc3c(c2)OCO3)cn1. The summed E-state index contributed by atoms with van der Waals surface area (Å²) < 4.78 is 10.9. The molecule has 0 unspecified atom stereocenters. The van der Waals surface area contributed by atoms with E-state index in [9.17, 15) is 4.79 Å². The molecule has 0 fully saturated rings. The third kappa shape index (κ3) is 4.11. The zero-order chi connectivity index (χ0) is 19.3. The lowest BCUT2D eigenvalue weighted by molar-refractivity contribution is -0.121. The predicted molar refractivity (Wildman–Crippen MR) is 104 cm³/mol. The molecular weight excluding hydrogens is 354 g/mol. The summed E-state index contributed by atoms with van der Waals surface area (Å²) in [7, 11) is 0. The highest BCUT2D eigenvalue weighted by molar-refractivity contribution is 5.77. The number of hydrogen-bond donors (Lipinski definition) is 1. The number of amides is 1. The lowest BCUT2D eigenvalue weighted by Crippen LogP contribution is -2.25. The molecule has 2 heterocycles. The highest BCUT2D eigenvalue weighted by Crippen LogP contribution is 2.37. The molecule has 0 radical (unpaired) electrons. The number of aryl methyl sites for hydroxylation is 1. The van der Waals surface area contributed by atoms with E-state index < -0.39 is 0 Å². The van der Waals surface area contributed by atoms with Crippen molar-refractivity contribution in [2.75, 3.05) is 6.79 Å². The van der Waals surface area contributed by atoms with Crippen LogP contribution in [0.25, 0.3) is 0 Å². The number of carbonyl (C=O) groups excluding carboxylic acids is 1. The molecule has 1 amide bonds. The number of nitrogens with one attached hydrogen (secondary N) is 1. The molecule has 6 heteroatoms. The van der Waals surface area contributed by atoms with Gasteiger partial charge in [0.1, 0.15) is 0 Å². The lowest BCUT2D eigenvalue weighted by atomic mass is 9.88. The molecule has 142 valence electrons. The fourth-order valence-corrected chi connectivity index (χ4v) is 3.20. The fraction of sp³-hybridized carbons (Fsp3) is 0.227. The van der Waals surface area contributed by atoms with Crippen LogP contribution in [0.2, 0.25) is 0 Å².